The van der Waals surface area contributed by atoms with Crippen molar-refractivity contribution in [2.24, 2.45) is 11.1 Å². The molecule has 1 aromatic carbocycles. The minimum absolute atomic E-state index is 0. The van der Waals surface area contributed by atoms with Crippen molar-refractivity contribution in [1.82, 2.24) is 0 Å². The van der Waals surface area contributed by atoms with Gasteiger partial charge in [-0.25, -0.2) is 0 Å². The third-order valence-electron chi connectivity index (χ3n) is 3.68. The molecule has 0 heterocycles. The molecule has 3 N–H and O–H groups in total. The van der Waals surface area contributed by atoms with Gasteiger partial charge in [-0.1, -0.05) is 20.8 Å². The molecule has 0 aliphatic rings. The summed E-state index contributed by atoms with van der Waals surface area (Å²) in [7, 11) is 4.64. The third-order valence-corrected chi connectivity index (χ3v) is 3.68. The predicted octanol–water partition coefficient (Wildman–Crippen LogP) is 2.93. The Labute approximate surface area is 139 Å². The van der Waals surface area contributed by atoms with Crippen LogP contribution in [-0.4, -0.2) is 32.5 Å². The number of nitrogens with two attached hydrogens (primary N) is 1. The van der Waals surface area contributed by atoms with E-state index in [4.69, 9.17) is 19.9 Å². The largest absolute Gasteiger partial charge is 0.493 e. The smallest absolute Gasteiger partial charge is 0.203 e. The summed E-state index contributed by atoms with van der Waals surface area (Å²) in [5.41, 5.74) is 6.72. The van der Waals surface area contributed by atoms with E-state index in [2.05, 4.69) is 20.8 Å². The highest BCUT2D eigenvalue weighted by atomic mass is 35.5. The minimum Gasteiger partial charge on any atom is -0.493 e. The summed E-state index contributed by atoms with van der Waals surface area (Å²) in [6.45, 7) is 6.16. The molecule has 0 saturated carbocycles. The van der Waals surface area contributed by atoms with Crippen molar-refractivity contribution in [3.63, 3.8) is 0 Å². The Morgan fingerprint density at radius 3 is 2.00 bits per heavy atom. The maximum Gasteiger partial charge on any atom is 0.203 e. The van der Waals surface area contributed by atoms with Gasteiger partial charge >= 0.3 is 0 Å². The van der Waals surface area contributed by atoms with E-state index in [0.29, 0.717) is 29.2 Å². The first kappa shape index (κ1) is 20.8. The molecule has 0 spiro atoms. The van der Waals surface area contributed by atoms with Crippen molar-refractivity contribution in [3.8, 4) is 17.2 Å². The molecule has 0 saturated heterocycles. The van der Waals surface area contributed by atoms with Gasteiger partial charge in [-0.05, 0) is 24.0 Å². The zero-order chi connectivity index (χ0) is 16.2. The average molecular weight is 334 g/mol. The van der Waals surface area contributed by atoms with Crippen molar-refractivity contribution < 1.29 is 19.3 Å². The number of aliphatic hydroxyl groups is 1. The maximum absolute atomic E-state index is 10.5. The summed E-state index contributed by atoms with van der Waals surface area (Å²) in [5.74, 6) is 1.51. The summed E-state index contributed by atoms with van der Waals surface area (Å²) >= 11 is 0. The van der Waals surface area contributed by atoms with Crippen LogP contribution in [0, 0.1) is 5.41 Å². The number of hydrogen-bond acceptors (Lipinski definition) is 5. The lowest BCUT2D eigenvalue weighted by molar-refractivity contribution is 0.130. The van der Waals surface area contributed by atoms with E-state index >= 15 is 0 Å². The van der Waals surface area contributed by atoms with Crippen LogP contribution < -0.4 is 19.9 Å². The Bertz CT molecular complexity index is 474. The molecule has 22 heavy (non-hydrogen) atoms. The topological polar surface area (TPSA) is 73.9 Å². The lowest BCUT2D eigenvalue weighted by atomic mass is 9.83. The molecule has 0 aromatic heterocycles. The van der Waals surface area contributed by atoms with E-state index in [1.807, 2.05) is 0 Å². The molecule has 128 valence electrons. The highest BCUT2D eigenvalue weighted by Gasteiger charge is 2.27. The van der Waals surface area contributed by atoms with Gasteiger partial charge in [0.05, 0.1) is 27.4 Å². The van der Waals surface area contributed by atoms with Crippen molar-refractivity contribution in [1.29, 1.82) is 0 Å². The third kappa shape index (κ3) is 4.66. The average Bonchev–Trinajstić information content (AvgIpc) is 2.43. The number of rotatable bonds is 6. The van der Waals surface area contributed by atoms with Gasteiger partial charge in [-0.2, -0.15) is 0 Å². The molecule has 0 aliphatic carbocycles. The summed E-state index contributed by atoms with van der Waals surface area (Å²) in [6.07, 6.45) is -0.288. The first-order chi connectivity index (χ1) is 9.76. The van der Waals surface area contributed by atoms with Crippen molar-refractivity contribution in [2.75, 3.05) is 21.3 Å². The zero-order valence-electron chi connectivity index (χ0n) is 14.2. The Hall–Kier alpha value is -1.17. The van der Waals surface area contributed by atoms with Gasteiger partial charge in [0.15, 0.2) is 11.5 Å². The molecule has 6 heteroatoms. The predicted molar refractivity (Wildman–Crippen MR) is 90.4 cm³/mol. The van der Waals surface area contributed by atoms with E-state index in [1.165, 1.54) is 14.2 Å². The molecule has 1 rings (SSSR count). The van der Waals surface area contributed by atoms with Gasteiger partial charge in [0, 0.05) is 11.6 Å². The fraction of sp³-hybridized carbons (Fsp3) is 0.625. The number of hydrogen-bond donors (Lipinski definition) is 2. The van der Waals surface area contributed by atoms with E-state index in [9.17, 15) is 5.11 Å². The van der Waals surface area contributed by atoms with Crippen LogP contribution in [0.15, 0.2) is 12.1 Å². The van der Waals surface area contributed by atoms with Gasteiger partial charge in [-0.3, -0.25) is 0 Å². The quantitative estimate of drug-likeness (QED) is 0.837. The first-order valence-corrected chi connectivity index (χ1v) is 6.98. The highest BCUT2D eigenvalue weighted by molar-refractivity contribution is 5.85. The Balaban J connectivity index is 0.00000441. The second-order valence-corrected chi connectivity index (χ2v) is 6.15. The molecular weight excluding hydrogens is 306 g/mol. The van der Waals surface area contributed by atoms with Crippen LogP contribution in [-0.2, 0) is 0 Å². The van der Waals surface area contributed by atoms with Crippen molar-refractivity contribution in [2.45, 2.75) is 39.3 Å². The molecule has 0 unspecified atom stereocenters. The van der Waals surface area contributed by atoms with E-state index < -0.39 is 6.10 Å². The standard InChI is InChI=1S/C16H27NO4.ClH/c1-16(2,3)13(17)9-11(18)10-7-8-12(19-4)15(21-6)14(10)20-5;/h7-8,11,13,18H,9,17H2,1-6H3;1H/t11-,13-;/m0./s1. The van der Waals surface area contributed by atoms with Crippen LogP contribution in [0.3, 0.4) is 0 Å². The number of benzene rings is 1. The fourth-order valence-corrected chi connectivity index (χ4v) is 2.11. The Morgan fingerprint density at radius 2 is 1.59 bits per heavy atom. The normalized spacial score (nSPS) is 13.8. The van der Waals surface area contributed by atoms with Gasteiger partial charge in [-0.15, -0.1) is 12.4 Å². The van der Waals surface area contributed by atoms with Crippen LogP contribution in [0.5, 0.6) is 17.2 Å². The van der Waals surface area contributed by atoms with Gasteiger partial charge in [0.2, 0.25) is 5.75 Å². The second kappa shape index (κ2) is 8.46. The molecule has 0 fully saturated rings. The van der Waals surface area contributed by atoms with Crippen LogP contribution in [0.1, 0.15) is 38.9 Å². The van der Waals surface area contributed by atoms with Crippen LogP contribution in [0.4, 0.5) is 0 Å². The molecule has 0 aliphatic heterocycles. The van der Waals surface area contributed by atoms with Crippen LogP contribution >= 0.6 is 12.4 Å². The lowest BCUT2D eigenvalue weighted by Gasteiger charge is -2.29. The molecule has 0 bridgehead atoms. The van der Waals surface area contributed by atoms with Gasteiger partial charge in [0.1, 0.15) is 0 Å². The summed E-state index contributed by atoms with van der Waals surface area (Å²) in [4.78, 5) is 0. The first-order valence-electron chi connectivity index (χ1n) is 6.98. The Morgan fingerprint density at radius 1 is 1.05 bits per heavy atom. The summed E-state index contributed by atoms with van der Waals surface area (Å²) in [6, 6.07) is 3.40. The van der Waals surface area contributed by atoms with Crippen molar-refractivity contribution in [3.05, 3.63) is 17.7 Å². The summed E-state index contributed by atoms with van der Waals surface area (Å²) < 4.78 is 16.0. The number of halogens is 1. The number of ether oxygens (including phenoxy) is 3. The van der Waals surface area contributed by atoms with Crippen LogP contribution in [0.25, 0.3) is 0 Å². The summed E-state index contributed by atoms with van der Waals surface area (Å²) in [5, 5.41) is 10.5. The van der Waals surface area contributed by atoms with E-state index in [0.717, 1.165) is 0 Å². The molecule has 0 radical (unpaired) electrons. The Kier molecular flexibility index (Phi) is 8.01. The lowest BCUT2D eigenvalue weighted by Crippen LogP contribution is -2.36. The highest BCUT2D eigenvalue weighted by Crippen LogP contribution is 2.43. The van der Waals surface area contributed by atoms with Gasteiger partial charge in [0.25, 0.3) is 0 Å². The molecule has 0 amide bonds. The monoisotopic (exact) mass is 333 g/mol. The number of methoxy groups -OCH3 is 3. The molecule has 1 aromatic rings. The molecular formula is C16H28ClNO4. The van der Waals surface area contributed by atoms with E-state index in [-0.39, 0.29) is 23.9 Å². The SMILES string of the molecule is COc1ccc([C@@H](O)C[C@H](N)C(C)(C)C)c(OC)c1OC.Cl. The maximum atomic E-state index is 10.5. The molecule has 5 nitrogen and oxygen atoms in total. The number of aliphatic hydroxyl groups excluding tert-OH is 1. The van der Waals surface area contributed by atoms with Crippen LogP contribution in [0.2, 0.25) is 0 Å². The van der Waals surface area contributed by atoms with Gasteiger partial charge < -0.3 is 25.1 Å². The molecule has 2 atom stereocenters. The second-order valence-electron chi connectivity index (χ2n) is 6.15. The fourth-order valence-electron chi connectivity index (χ4n) is 2.11. The van der Waals surface area contributed by atoms with E-state index in [1.54, 1.807) is 19.2 Å². The van der Waals surface area contributed by atoms with Crippen molar-refractivity contribution >= 4 is 12.4 Å². The minimum atomic E-state index is -0.728. The zero-order valence-corrected chi connectivity index (χ0v) is 15.0.